The zero-order chi connectivity index (χ0) is 25.7. The molecular weight excluding hydrogens is 476 g/mol. The van der Waals surface area contributed by atoms with Crippen LogP contribution >= 0.6 is 11.6 Å². The van der Waals surface area contributed by atoms with Gasteiger partial charge in [0.25, 0.3) is 0 Å². The van der Waals surface area contributed by atoms with E-state index in [2.05, 4.69) is 19.2 Å². The van der Waals surface area contributed by atoms with Crippen LogP contribution in [0.5, 0.6) is 11.5 Å². The van der Waals surface area contributed by atoms with Crippen molar-refractivity contribution in [3.05, 3.63) is 58.6 Å². The molecule has 0 aromatic heterocycles. The fourth-order valence-corrected chi connectivity index (χ4v) is 4.98. The van der Waals surface area contributed by atoms with Crippen molar-refractivity contribution in [1.29, 1.82) is 0 Å². The van der Waals surface area contributed by atoms with E-state index < -0.39 is 0 Å². The normalized spacial score (nSPS) is 20.0. The van der Waals surface area contributed by atoms with E-state index in [-0.39, 0.29) is 18.1 Å². The second-order valence-corrected chi connectivity index (χ2v) is 10.1. The maximum absolute atomic E-state index is 14.2. The largest absolute Gasteiger partial charge is 0.497 e. The number of hydrogen-bond donors (Lipinski definition) is 1. The molecule has 7 nitrogen and oxygen atoms in total. The van der Waals surface area contributed by atoms with Crippen molar-refractivity contribution in [3.8, 4) is 11.5 Å². The summed E-state index contributed by atoms with van der Waals surface area (Å²) in [4.78, 5) is 23.2. The van der Waals surface area contributed by atoms with Crippen LogP contribution in [0.25, 0.3) is 0 Å². The number of aliphatic imine (C=N–C) groups is 1. The van der Waals surface area contributed by atoms with Crippen molar-refractivity contribution < 1.29 is 14.3 Å². The van der Waals surface area contributed by atoms with Gasteiger partial charge in [-0.2, -0.15) is 0 Å². The van der Waals surface area contributed by atoms with Crippen molar-refractivity contribution >= 4 is 23.5 Å². The highest BCUT2D eigenvalue weighted by Crippen LogP contribution is 2.40. The Morgan fingerprint density at radius 2 is 1.89 bits per heavy atom. The summed E-state index contributed by atoms with van der Waals surface area (Å²) in [7, 11) is 1.64. The van der Waals surface area contributed by atoms with Gasteiger partial charge in [-0.15, -0.1) is 0 Å². The molecule has 2 aromatic rings. The Bertz CT molecular complexity index is 1070. The van der Waals surface area contributed by atoms with Gasteiger partial charge in [-0.25, -0.2) is 4.79 Å². The van der Waals surface area contributed by atoms with Gasteiger partial charge in [0.15, 0.2) is 0 Å². The Balaban J connectivity index is 1.83. The van der Waals surface area contributed by atoms with Crippen molar-refractivity contribution in [1.82, 2.24) is 15.1 Å². The number of halogens is 1. The number of carbonyl (C=O) groups is 1. The molecule has 2 atom stereocenters. The van der Waals surface area contributed by atoms with E-state index in [1.54, 1.807) is 7.11 Å². The first-order valence-corrected chi connectivity index (χ1v) is 13.2. The molecular formula is C28H37ClN4O3. The smallest absolute Gasteiger partial charge is 0.326 e. The highest BCUT2D eigenvalue weighted by molar-refractivity contribution is 6.30. The Kier molecular flexibility index (Phi) is 8.75. The topological polar surface area (TPSA) is 66.4 Å². The van der Waals surface area contributed by atoms with Crippen LogP contribution in [0.4, 0.5) is 4.79 Å². The SMILES string of the molecule is CCOc1cc(OC)ccc1C1=N[C@H](CCC(C)C)[C@H](c2ccc(Cl)cc2)N1C(=O)N1CCNCC1. The summed E-state index contributed by atoms with van der Waals surface area (Å²) < 4.78 is 11.5. The number of rotatable bonds is 8. The minimum atomic E-state index is -0.227. The Morgan fingerprint density at radius 3 is 2.53 bits per heavy atom. The van der Waals surface area contributed by atoms with Gasteiger partial charge in [0, 0.05) is 37.3 Å². The van der Waals surface area contributed by atoms with Crippen molar-refractivity contribution in [3.63, 3.8) is 0 Å². The molecule has 0 radical (unpaired) electrons. The lowest BCUT2D eigenvalue weighted by Crippen LogP contribution is -2.53. The first-order chi connectivity index (χ1) is 17.4. The number of methoxy groups -OCH3 is 1. The lowest BCUT2D eigenvalue weighted by molar-refractivity contribution is 0.156. The van der Waals surface area contributed by atoms with Crippen LogP contribution in [0.15, 0.2) is 47.5 Å². The lowest BCUT2D eigenvalue weighted by Gasteiger charge is -2.36. The van der Waals surface area contributed by atoms with Crippen molar-refractivity contribution in [2.45, 2.75) is 45.7 Å². The lowest BCUT2D eigenvalue weighted by atomic mass is 9.93. The molecule has 2 aliphatic heterocycles. The molecule has 2 aromatic carbocycles. The van der Waals surface area contributed by atoms with Crippen LogP contribution in [0.2, 0.25) is 5.02 Å². The van der Waals surface area contributed by atoms with Crippen molar-refractivity contribution in [2.75, 3.05) is 39.9 Å². The second-order valence-electron chi connectivity index (χ2n) is 9.67. The predicted octanol–water partition coefficient (Wildman–Crippen LogP) is 5.38. The van der Waals surface area contributed by atoms with Gasteiger partial charge in [0.1, 0.15) is 17.3 Å². The summed E-state index contributed by atoms with van der Waals surface area (Å²) in [5, 5.41) is 4.01. The molecule has 0 unspecified atom stereocenters. The minimum Gasteiger partial charge on any atom is -0.497 e. The summed E-state index contributed by atoms with van der Waals surface area (Å²) >= 11 is 6.23. The molecule has 0 saturated carbocycles. The molecule has 1 fully saturated rings. The first kappa shape index (κ1) is 26.3. The number of benzene rings is 2. The van der Waals surface area contributed by atoms with Crippen LogP contribution in [-0.2, 0) is 0 Å². The van der Waals surface area contributed by atoms with Crippen LogP contribution < -0.4 is 14.8 Å². The summed E-state index contributed by atoms with van der Waals surface area (Å²) in [5.74, 6) is 2.55. The molecule has 2 heterocycles. The number of nitrogens with one attached hydrogen (secondary N) is 1. The van der Waals surface area contributed by atoms with Gasteiger partial charge in [-0.05, 0) is 55.5 Å². The summed E-state index contributed by atoms with van der Waals surface area (Å²) in [6.07, 6.45) is 1.89. The number of piperazine rings is 1. The number of nitrogens with zero attached hydrogens (tertiary/aromatic N) is 3. The number of ether oxygens (including phenoxy) is 2. The fraction of sp³-hybridized carbons (Fsp3) is 0.500. The average molecular weight is 513 g/mol. The molecule has 2 amide bonds. The van der Waals surface area contributed by atoms with E-state index in [0.717, 1.165) is 37.1 Å². The maximum atomic E-state index is 14.2. The summed E-state index contributed by atoms with van der Waals surface area (Å²) in [6, 6.07) is 13.2. The van der Waals surface area contributed by atoms with Gasteiger partial charge >= 0.3 is 6.03 Å². The van der Waals surface area contributed by atoms with E-state index in [1.165, 1.54) is 0 Å². The summed E-state index contributed by atoms with van der Waals surface area (Å²) in [6.45, 7) is 9.76. The number of amides is 2. The third-order valence-electron chi connectivity index (χ3n) is 6.73. The predicted molar refractivity (Wildman–Crippen MR) is 144 cm³/mol. The van der Waals surface area contributed by atoms with E-state index >= 15 is 0 Å². The number of hydrogen-bond acceptors (Lipinski definition) is 5. The van der Waals surface area contributed by atoms with Crippen LogP contribution in [0.1, 0.15) is 50.8 Å². The van der Waals surface area contributed by atoms with E-state index in [4.69, 9.17) is 26.1 Å². The molecule has 1 N–H and O–H groups in total. The van der Waals surface area contributed by atoms with Gasteiger partial charge in [-0.3, -0.25) is 9.89 Å². The molecule has 1 saturated heterocycles. The van der Waals surface area contributed by atoms with Gasteiger partial charge in [0.2, 0.25) is 0 Å². The van der Waals surface area contributed by atoms with Gasteiger partial charge in [-0.1, -0.05) is 37.6 Å². The third-order valence-corrected chi connectivity index (χ3v) is 6.99. The van der Waals surface area contributed by atoms with Gasteiger partial charge < -0.3 is 19.7 Å². The molecule has 0 aliphatic carbocycles. The Morgan fingerprint density at radius 1 is 1.17 bits per heavy atom. The van der Waals surface area contributed by atoms with E-state index in [0.29, 0.717) is 48.0 Å². The Labute approximate surface area is 219 Å². The molecule has 8 heteroatoms. The second kappa shape index (κ2) is 12.0. The molecule has 0 spiro atoms. The standard InChI is InChI=1S/C28H37ClN4O3/c1-5-36-25-18-22(35-4)11-12-23(25)27-31-24(13-6-19(2)3)26(20-7-9-21(29)10-8-20)33(27)28(34)32-16-14-30-15-17-32/h7-12,18-19,24,26,30H,5-6,13-17H2,1-4H3/t24-,26+/m1/s1. The van der Waals surface area contributed by atoms with Crippen LogP contribution in [-0.4, -0.2) is 67.6 Å². The first-order valence-electron chi connectivity index (χ1n) is 12.9. The Hall–Kier alpha value is -2.77. The van der Waals surface area contributed by atoms with Crippen LogP contribution in [0, 0.1) is 5.92 Å². The fourth-order valence-electron chi connectivity index (χ4n) is 4.86. The van der Waals surface area contributed by atoms with Gasteiger partial charge in [0.05, 0.1) is 31.4 Å². The number of carbonyl (C=O) groups excluding carboxylic acids is 1. The average Bonchev–Trinajstić information content (AvgIpc) is 3.27. The molecule has 36 heavy (non-hydrogen) atoms. The van der Waals surface area contributed by atoms with Crippen LogP contribution in [0.3, 0.4) is 0 Å². The summed E-state index contributed by atoms with van der Waals surface area (Å²) in [5.41, 5.74) is 1.83. The molecule has 4 rings (SSSR count). The molecule has 0 bridgehead atoms. The third kappa shape index (κ3) is 5.79. The number of amidine groups is 1. The molecule has 194 valence electrons. The number of urea groups is 1. The minimum absolute atomic E-state index is 0.0273. The zero-order valence-corrected chi connectivity index (χ0v) is 22.4. The molecule has 2 aliphatic rings. The zero-order valence-electron chi connectivity index (χ0n) is 21.7. The highest BCUT2D eigenvalue weighted by Gasteiger charge is 2.43. The quantitative estimate of drug-likeness (QED) is 0.515. The highest BCUT2D eigenvalue weighted by atomic mass is 35.5. The van der Waals surface area contributed by atoms with Crippen molar-refractivity contribution in [2.24, 2.45) is 10.9 Å². The monoisotopic (exact) mass is 512 g/mol. The van der Waals surface area contributed by atoms with E-state index in [1.807, 2.05) is 59.2 Å². The maximum Gasteiger partial charge on any atom is 0.326 e. The van der Waals surface area contributed by atoms with E-state index in [9.17, 15) is 4.79 Å².